The fourth-order valence-electron chi connectivity index (χ4n) is 8.39. The predicted molar refractivity (Wildman–Crippen MR) is 216 cm³/mol. The average molecular weight is 653 g/mol. The van der Waals surface area contributed by atoms with Crippen molar-refractivity contribution in [2.75, 3.05) is 4.90 Å². The molecule has 10 rings (SSSR count). The second-order valence-corrected chi connectivity index (χ2v) is 14.2. The standard InChI is InChI=1S/C49H36N2/c1-49(2)45-18-10-8-16-41(45)43-31-44-42-17-9-11-19-47(42)51(48(44)32-46(43)49)40-28-26-39(27-29-40)50(37-14-4-3-5-15-37)38-24-22-34(23-25-38)36-21-20-33-12-6-7-13-35(33)30-36/h3-32H,1-2H3. The molecule has 2 heteroatoms. The van der Waals surface area contributed by atoms with Crippen LogP contribution in [-0.2, 0) is 5.41 Å². The zero-order valence-electron chi connectivity index (χ0n) is 28.7. The van der Waals surface area contributed by atoms with Crippen LogP contribution in [-0.4, -0.2) is 4.57 Å². The zero-order chi connectivity index (χ0) is 34.1. The van der Waals surface area contributed by atoms with E-state index in [0.29, 0.717) is 0 Å². The van der Waals surface area contributed by atoms with E-state index in [9.17, 15) is 0 Å². The highest BCUT2D eigenvalue weighted by molar-refractivity contribution is 6.11. The molecule has 0 spiro atoms. The second-order valence-electron chi connectivity index (χ2n) is 14.2. The summed E-state index contributed by atoms with van der Waals surface area (Å²) in [6.45, 7) is 4.72. The van der Waals surface area contributed by atoms with Gasteiger partial charge in [-0.3, -0.25) is 0 Å². The third kappa shape index (κ3) is 4.64. The molecule has 51 heavy (non-hydrogen) atoms. The number of benzene rings is 8. The van der Waals surface area contributed by atoms with Crippen molar-refractivity contribution in [2.24, 2.45) is 0 Å². The van der Waals surface area contributed by atoms with E-state index >= 15 is 0 Å². The Balaban J connectivity index is 1.07. The third-order valence-corrected chi connectivity index (χ3v) is 11.0. The molecule has 0 saturated carbocycles. The number of para-hydroxylation sites is 2. The normalized spacial score (nSPS) is 13.1. The summed E-state index contributed by atoms with van der Waals surface area (Å²) in [6.07, 6.45) is 0. The predicted octanol–water partition coefficient (Wildman–Crippen LogP) is 13.4. The number of rotatable bonds is 5. The lowest BCUT2D eigenvalue weighted by Crippen LogP contribution is -2.15. The molecule has 1 heterocycles. The van der Waals surface area contributed by atoms with Crippen molar-refractivity contribution in [2.45, 2.75) is 19.3 Å². The second kappa shape index (κ2) is 11.3. The molecule has 0 saturated heterocycles. The lowest BCUT2D eigenvalue weighted by atomic mass is 9.82. The Hall–Kier alpha value is -6.38. The van der Waals surface area contributed by atoms with Gasteiger partial charge in [-0.15, -0.1) is 0 Å². The van der Waals surface area contributed by atoms with Crippen molar-refractivity contribution < 1.29 is 0 Å². The van der Waals surface area contributed by atoms with Gasteiger partial charge in [-0.2, -0.15) is 0 Å². The number of anilines is 3. The van der Waals surface area contributed by atoms with Crippen LogP contribution in [0, 0.1) is 0 Å². The van der Waals surface area contributed by atoms with Gasteiger partial charge in [0.25, 0.3) is 0 Å². The summed E-state index contributed by atoms with van der Waals surface area (Å²) in [4.78, 5) is 2.34. The lowest BCUT2D eigenvalue weighted by Gasteiger charge is -2.26. The summed E-state index contributed by atoms with van der Waals surface area (Å²) in [5, 5.41) is 5.08. The minimum atomic E-state index is -0.0642. The van der Waals surface area contributed by atoms with E-state index < -0.39 is 0 Å². The number of nitrogens with zero attached hydrogens (tertiary/aromatic N) is 2. The molecule has 0 amide bonds. The Morgan fingerprint density at radius 3 is 1.84 bits per heavy atom. The summed E-state index contributed by atoms with van der Waals surface area (Å²) in [5.41, 5.74) is 14.8. The molecule has 9 aromatic rings. The van der Waals surface area contributed by atoms with Crippen LogP contribution in [0.15, 0.2) is 182 Å². The van der Waals surface area contributed by atoms with E-state index in [1.165, 1.54) is 66.0 Å². The molecule has 0 N–H and O–H groups in total. The molecule has 8 aromatic carbocycles. The Morgan fingerprint density at radius 2 is 1.04 bits per heavy atom. The summed E-state index contributed by atoms with van der Waals surface area (Å²) >= 11 is 0. The molecule has 0 bridgehead atoms. The van der Waals surface area contributed by atoms with Gasteiger partial charge in [0.05, 0.1) is 11.0 Å². The van der Waals surface area contributed by atoms with Crippen molar-refractivity contribution >= 4 is 49.6 Å². The van der Waals surface area contributed by atoms with E-state index in [0.717, 1.165) is 22.7 Å². The summed E-state index contributed by atoms with van der Waals surface area (Å²) in [5.74, 6) is 0. The van der Waals surface area contributed by atoms with Crippen LogP contribution in [0.25, 0.3) is 60.5 Å². The van der Waals surface area contributed by atoms with E-state index in [1.54, 1.807) is 0 Å². The molecule has 1 aromatic heterocycles. The van der Waals surface area contributed by atoms with Crippen LogP contribution >= 0.6 is 0 Å². The summed E-state index contributed by atoms with van der Waals surface area (Å²) in [7, 11) is 0. The van der Waals surface area contributed by atoms with Crippen molar-refractivity contribution in [1.82, 2.24) is 4.57 Å². The minimum Gasteiger partial charge on any atom is -0.311 e. The van der Waals surface area contributed by atoms with Gasteiger partial charge < -0.3 is 9.47 Å². The molecule has 0 aliphatic heterocycles. The Morgan fingerprint density at radius 1 is 0.412 bits per heavy atom. The first kappa shape index (κ1) is 29.5. The molecule has 1 aliphatic rings. The maximum atomic E-state index is 2.45. The van der Waals surface area contributed by atoms with Crippen molar-refractivity contribution in [3.63, 3.8) is 0 Å². The molecule has 242 valence electrons. The van der Waals surface area contributed by atoms with Gasteiger partial charge >= 0.3 is 0 Å². The van der Waals surface area contributed by atoms with Crippen molar-refractivity contribution in [1.29, 1.82) is 0 Å². The monoisotopic (exact) mass is 652 g/mol. The Bertz CT molecular complexity index is 2750. The fourth-order valence-corrected chi connectivity index (χ4v) is 8.39. The highest BCUT2D eigenvalue weighted by Gasteiger charge is 2.36. The number of hydrogen-bond acceptors (Lipinski definition) is 1. The average Bonchev–Trinajstić information content (AvgIpc) is 3.63. The highest BCUT2D eigenvalue weighted by Crippen LogP contribution is 2.51. The number of hydrogen-bond donors (Lipinski definition) is 0. The first-order chi connectivity index (χ1) is 25.0. The van der Waals surface area contributed by atoms with Gasteiger partial charge in [-0.05, 0) is 117 Å². The van der Waals surface area contributed by atoms with Crippen molar-refractivity contribution in [3.8, 4) is 27.9 Å². The molecular formula is C49H36N2. The Labute approximate surface area is 298 Å². The number of aromatic nitrogens is 1. The maximum Gasteiger partial charge on any atom is 0.0544 e. The number of fused-ring (bicyclic) bond motifs is 7. The third-order valence-electron chi connectivity index (χ3n) is 11.0. The van der Waals surface area contributed by atoms with Gasteiger partial charge in [0.1, 0.15) is 0 Å². The van der Waals surface area contributed by atoms with Crippen LogP contribution < -0.4 is 4.90 Å². The topological polar surface area (TPSA) is 8.17 Å². The van der Waals surface area contributed by atoms with Crippen LogP contribution in [0.3, 0.4) is 0 Å². The van der Waals surface area contributed by atoms with Crippen LogP contribution in [0.2, 0.25) is 0 Å². The molecule has 2 nitrogen and oxygen atoms in total. The first-order valence-corrected chi connectivity index (χ1v) is 17.8. The molecule has 0 radical (unpaired) electrons. The highest BCUT2D eigenvalue weighted by atomic mass is 15.1. The SMILES string of the molecule is CC1(C)c2ccccc2-c2cc3c4ccccc4n(-c4ccc(N(c5ccccc5)c5ccc(-c6ccc7ccccc7c6)cc5)cc4)c3cc21. The first-order valence-electron chi connectivity index (χ1n) is 17.8. The van der Waals surface area contributed by atoms with Gasteiger partial charge in [0.15, 0.2) is 0 Å². The largest absolute Gasteiger partial charge is 0.311 e. The quantitative estimate of drug-likeness (QED) is 0.180. The fraction of sp³-hybridized carbons (Fsp3) is 0.0612. The van der Waals surface area contributed by atoms with Gasteiger partial charge in [-0.1, -0.05) is 123 Å². The van der Waals surface area contributed by atoms with Gasteiger partial charge in [0, 0.05) is 38.9 Å². The summed E-state index contributed by atoms with van der Waals surface area (Å²) in [6, 6.07) is 66.5. The van der Waals surface area contributed by atoms with E-state index in [-0.39, 0.29) is 5.41 Å². The van der Waals surface area contributed by atoms with E-state index in [2.05, 4.69) is 205 Å². The van der Waals surface area contributed by atoms with E-state index in [1.807, 2.05) is 0 Å². The van der Waals surface area contributed by atoms with Crippen molar-refractivity contribution in [3.05, 3.63) is 193 Å². The molecule has 0 unspecified atom stereocenters. The van der Waals surface area contributed by atoms with E-state index in [4.69, 9.17) is 0 Å². The lowest BCUT2D eigenvalue weighted by molar-refractivity contribution is 0.661. The van der Waals surface area contributed by atoms with Crippen LogP contribution in [0.1, 0.15) is 25.0 Å². The smallest absolute Gasteiger partial charge is 0.0544 e. The summed E-state index contributed by atoms with van der Waals surface area (Å²) < 4.78 is 2.44. The zero-order valence-corrected chi connectivity index (χ0v) is 28.7. The Kier molecular flexibility index (Phi) is 6.56. The molecule has 1 aliphatic carbocycles. The van der Waals surface area contributed by atoms with Crippen LogP contribution in [0.5, 0.6) is 0 Å². The molecular weight excluding hydrogens is 617 g/mol. The van der Waals surface area contributed by atoms with Gasteiger partial charge in [-0.25, -0.2) is 0 Å². The van der Waals surface area contributed by atoms with Crippen LogP contribution in [0.4, 0.5) is 17.1 Å². The molecule has 0 fully saturated rings. The molecule has 0 atom stereocenters. The van der Waals surface area contributed by atoms with Gasteiger partial charge in [0.2, 0.25) is 0 Å². The maximum absolute atomic E-state index is 2.45. The minimum absolute atomic E-state index is 0.0642.